The summed E-state index contributed by atoms with van der Waals surface area (Å²) in [4.78, 5) is 0. The van der Waals surface area contributed by atoms with E-state index in [2.05, 4.69) is 60.8 Å². The van der Waals surface area contributed by atoms with Crippen LogP contribution in [0.5, 0.6) is 5.75 Å². The molecule has 2 aromatic rings. The number of fused-ring (bicyclic) bond motifs is 1. The Hall–Kier alpha value is -1.80. The van der Waals surface area contributed by atoms with Crippen LogP contribution in [0.25, 0.3) is 0 Å². The van der Waals surface area contributed by atoms with Gasteiger partial charge in [0.05, 0.1) is 13.2 Å². The van der Waals surface area contributed by atoms with E-state index < -0.39 is 0 Å². The average Bonchev–Trinajstić information content (AvgIpc) is 2.61. The van der Waals surface area contributed by atoms with Crippen molar-refractivity contribution < 1.29 is 10.1 Å². The van der Waals surface area contributed by atoms with Crippen LogP contribution in [0.15, 0.2) is 48.5 Å². The van der Waals surface area contributed by atoms with Gasteiger partial charge in [-0.15, -0.1) is 0 Å². The lowest BCUT2D eigenvalue weighted by atomic mass is 9.87. The highest BCUT2D eigenvalue weighted by atomic mass is 16.5. The van der Waals surface area contributed by atoms with Gasteiger partial charge in [-0.05, 0) is 49.4 Å². The topological polar surface area (TPSA) is 25.8 Å². The number of aryl methyl sites for hydroxylation is 2. The summed E-state index contributed by atoms with van der Waals surface area (Å²) in [7, 11) is 1.72. The van der Waals surface area contributed by atoms with Gasteiger partial charge in [-0.1, -0.05) is 36.4 Å². The molecule has 0 aromatic heterocycles. The van der Waals surface area contributed by atoms with E-state index in [9.17, 15) is 0 Å². The maximum absolute atomic E-state index is 5.22. The van der Waals surface area contributed by atoms with Crippen LogP contribution in [-0.4, -0.2) is 13.2 Å². The Bertz CT molecular complexity index is 620. The molecular formula is C21H28NO+. The van der Waals surface area contributed by atoms with Crippen LogP contribution in [0, 0.1) is 0 Å². The van der Waals surface area contributed by atoms with Crippen LogP contribution in [-0.2, 0) is 12.8 Å². The lowest BCUT2D eigenvalue weighted by Crippen LogP contribution is -2.90. The van der Waals surface area contributed by atoms with Crippen molar-refractivity contribution in [1.29, 1.82) is 0 Å². The molecule has 122 valence electrons. The first-order chi connectivity index (χ1) is 11.3. The summed E-state index contributed by atoms with van der Waals surface area (Å²) >= 11 is 0. The Morgan fingerprint density at radius 3 is 2.70 bits per heavy atom. The van der Waals surface area contributed by atoms with Crippen molar-refractivity contribution in [3.63, 3.8) is 0 Å². The molecule has 3 rings (SSSR count). The Balaban J connectivity index is 1.54. The molecule has 0 saturated heterocycles. The van der Waals surface area contributed by atoms with E-state index in [1.165, 1.54) is 31.2 Å². The van der Waals surface area contributed by atoms with Gasteiger partial charge in [0.25, 0.3) is 0 Å². The largest absolute Gasteiger partial charge is 0.497 e. The summed E-state index contributed by atoms with van der Waals surface area (Å²) in [6.07, 6.45) is 6.23. The predicted octanol–water partition coefficient (Wildman–Crippen LogP) is 3.66. The minimum absolute atomic E-state index is 0.644. The van der Waals surface area contributed by atoms with Gasteiger partial charge in [-0.25, -0.2) is 0 Å². The molecule has 0 heterocycles. The molecule has 0 bridgehead atoms. The van der Waals surface area contributed by atoms with E-state index in [0.717, 1.165) is 12.2 Å². The van der Waals surface area contributed by atoms with Crippen LogP contribution < -0.4 is 10.1 Å². The van der Waals surface area contributed by atoms with E-state index in [0.29, 0.717) is 12.1 Å². The number of quaternary nitrogens is 1. The number of hydrogen-bond donors (Lipinski definition) is 1. The van der Waals surface area contributed by atoms with Gasteiger partial charge >= 0.3 is 0 Å². The van der Waals surface area contributed by atoms with Gasteiger partial charge in [0.1, 0.15) is 11.8 Å². The smallest absolute Gasteiger partial charge is 0.118 e. The van der Waals surface area contributed by atoms with Gasteiger partial charge in [0.15, 0.2) is 0 Å². The minimum Gasteiger partial charge on any atom is -0.497 e. The molecule has 0 amide bonds. The van der Waals surface area contributed by atoms with Gasteiger partial charge in [0.2, 0.25) is 0 Å². The number of benzene rings is 2. The van der Waals surface area contributed by atoms with Gasteiger partial charge in [-0.3, -0.25) is 0 Å². The Labute approximate surface area is 139 Å². The van der Waals surface area contributed by atoms with Crippen LogP contribution in [0.1, 0.15) is 48.9 Å². The third-order valence-electron chi connectivity index (χ3n) is 5.02. The third kappa shape index (κ3) is 4.14. The first-order valence-electron chi connectivity index (χ1n) is 8.82. The molecule has 23 heavy (non-hydrogen) atoms. The lowest BCUT2D eigenvalue weighted by Gasteiger charge is -2.26. The molecule has 2 atom stereocenters. The standard InChI is InChI=1S/C21H27NO/c1-16(10-11-17-12-14-19(23-2)15-13-17)22-21-9-5-7-18-6-3-4-8-20(18)21/h3-4,6,8,12-16,21-22H,5,7,9-11H2,1-2H3/p+1/t16-,21+/m1/s1. The van der Waals surface area contributed by atoms with Crippen molar-refractivity contribution in [3.05, 3.63) is 65.2 Å². The lowest BCUT2D eigenvalue weighted by molar-refractivity contribution is -0.726. The predicted molar refractivity (Wildman–Crippen MR) is 94.8 cm³/mol. The van der Waals surface area contributed by atoms with E-state index in [1.807, 2.05) is 0 Å². The number of hydrogen-bond acceptors (Lipinski definition) is 1. The first-order valence-corrected chi connectivity index (χ1v) is 8.82. The highest BCUT2D eigenvalue weighted by molar-refractivity contribution is 5.30. The molecule has 0 unspecified atom stereocenters. The summed E-state index contributed by atoms with van der Waals surface area (Å²) in [5.74, 6) is 0.937. The van der Waals surface area contributed by atoms with Crippen molar-refractivity contribution in [2.45, 2.75) is 51.1 Å². The van der Waals surface area contributed by atoms with Gasteiger partial charge < -0.3 is 10.1 Å². The normalized spacial score (nSPS) is 18.3. The highest BCUT2D eigenvalue weighted by Gasteiger charge is 2.24. The average molecular weight is 310 g/mol. The maximum Gasteiger partial charge on any atom is 0.118 e. The van der Waals surface area contributed by atoms with Crippen LogP contribution in [0.4, 0.5) is 0 Å². The van der Waals surface area contributed by atoms with Crippen LogP contribution >= 0.6 is 0 Å². The second kappa shape index (κ2) is 7.65. The number of methoxy groups -OCH3 is 1. The zero-order valence-electron chi connectivity index (χ0n) is 14.3. The molecule has 2 nitrogen and oxygen atoms in total. The molecule has 2 heteroatoms. The number of ether oxygens (including phenoxy) is 1. The zero-order valence-corrected chi connectivity index (χ0v) is 14.3. The summed E-state index contributed by atoms with van der Waals surface area (Å²) in [6, 6.07) is 18.8. The second-order valence-corrected chi connectivity index (χ2v) is 6.75. The molecule has 2 aromatic carbocycles. The summed E-state index contributed by atoms with van der Waals surface area (Å²) in [5, 5.41) is 2.58. The highest BCUT2D eigenvalue weighted by Crippen LogP contribution is 2.26. The summed E-state index contributed by atoms with van der Waals surface area (Å²) in [6.45, 7) is 2.36. The molecule has 0 saturated carbocycles. The number of nitrogens with two attached hydrogens (primary N) is 1. The summed E-state index contributed by atoms with van der Waals surface area (Å²) < 4.78 is 5.22. The Kier molecular flexibility index (Phi) is 5.35. The molecule has 2 N–H and O–H groups in total. The van der Waals surface area contributed by atoms with Gasteiger partial charge in [-0.2, -0.15) is 0 Å². The zero-order chi connectivity index (χ0) is 16.1. The van der Waals surface area contributed by atoms with Crippen molar-refractivity contribution in [1.82, 2.24) is 0 Å². The fraction of sp³-hybridized carbons (Fsp3) is 0.429. The quantitative estimate of drug-likeness (QED) is 0.866. The van der Waals surface area contributed by atoms with Crippen molar-refractivity contribution >= 4 is 0 Å². The van der Waals surface area contributed by atoms with E-state index in [-0.39, 0.29) is 0 Å². The van der Waals surface area contributed by atoms with E-state index >= 15 is 0 Å². The van der Waals surface area contributed by atoms with E-state index in [1.54, 1.807) is 18.2 Å². The number of rotatable bonds is 6. The SMILES string of the molecule is COc1ccc(CC[C@@H](C)[NH2+][C@H]2CCCc3ccccc32)cc1. The first kappa shape index (κ1) is 16.1. The fourth-order valence-corrected chi connectivity index (χ4v) is 3.67. The third-order valence-corrected chi connectivity index (χ3v) is 5.02. The summed E-state index contributed by atoms with van der Waals surface area (Å²) in [5.41, 5.74) is 4.52. The molecule has 0 fully saturated rings. The van der Waals surface area contributed by atoms with Gasteiger partial charge in [0, 0.05) is 18.4 Å². The maximum atomic E-state index is 5.22. The molecule has 1 aliphatic carbocycles. The molecule has 0 radical (unpaired) electrons. The van der Waals surface area contributed by atoms with Crippen LogP contribution in [0.3, 0.4) is 0 Å². The monoisotopic (exact) mass is 310 g/mol. The minimum atomic E-state index is 0.644. The fourth-order valence-electron chi connectivity index (χ4n) is 3.67. The van der Waals surface area contributed by atoms with Crippen molar-refractivity contribution in [2.75, 3.05) is 7.11 Å². The van der Waals surface area contributed by atoms with Crippen molar-refractivity contribution in [3.8, 4) is 5.75 Å². The molecule has 0 aliphatic heterocycles. The molecule has 0 spiro atoms. The Morgan fingerprint density at radius 1 is 1.13 bits per heavy atom. The second-order valence-electron chi connectivity index (χ2n) is 6.75. The molecular weight excluding hydrogens is 282 g/mol. The Morgan fingerprint density at radius 2 is 1.91 bits per heavy atom. The van der Waals surface area contributed by atoms with Crippen LogP contribution in [0.2, 0.25) is 0 Å². The molecule has 1 aliphatic rings. The van der Waals surface area contributed by atoms with E-state index in [4.69, 9.17) is 4.74 Å². The van der Waals surface area contributed by atoms with Crippen molar-refractivity contribution in [2.24, 2.45) is 0 Å².